The Morgan fingerprint density at radius 1 is 1.30 bits per heavy atom. The van der Waals surface area contributed by atoms with E-state index in [0.717, 1.165) is 43.0 Å². The van der Waals surface area contributed by atoms with Gasteiger partial charge < -0.3 is 10.2 Å². The molecule has 112 valence electrons. The Balaban J connectivity index is 2.30. The zero-order valence-corrected chi connectivity index (χ0v) is 13.5. The SMILES string of the molecule is CCNc1cc(N2CCC(CC)C2)nc(C(C)(C)C)n1. The molecule has 1 aliphatic rings. The number of aromatic nitrogens is 2. The predicted octanol–water partition coefficient (Wildman–Crippen LogP) is 3.44. The van der Waals surface area contributed by atoms with E-state index in [4.69, 9.17) is 4.98 Å². The number of rotatable bonds is 4. The Kier molecular flexibility index (Phi) is 4.51. The molecule has 2 heterocycles. The first kappa shape index (κ1) is 15.1. The van der Waals surface area contributed by atoms with Gasteiger partial charge in [0.15, 0.2) is 0 Å². The van der Waals surface area contributed by atoms with Gasteiger partial charge in [-0.15, -0.1) is 0 Å². The summed E-state index contributed by atoms with van der Waals surface area (Å²) < 4.78 is 0. The van der Waals surface area contributed by atoms with Crippen molar-refractivity contribution >= 4 is 11.6 Å². The Bertz CT molecular complexity index is 450. The summed E-state index contributed by atoms with van der Waals surface area (Å²) >= 11 is 0. The van der Waals surface area contributed by atoms with Crippen LogP contribution in [-0.4, -0.2) is 29.6 Å². The fourth-order valence-corrected chi connectivity index (χ4v) is 2.58. The molecule has 1 fully saturated rings. The van der Waals surface area contributed by atoms with Crippen molar-refractivity contribution in [3.63, 3.8) is 0 Å². The molecule has 1 unspecified atom stereocenters. The van der Waals surface area contributed by atoms with Crippen LogP contribution in [0.4, 0.5) is 11.6 Å². The van der Waals surface area contributed by atoms with Crippen LogP contribution in [0.2, 0.25) is 0 Å². The van der Waals surface area contributed by atoms with Crippen LogP contribution in [0.1, 0.15) is 53.3 Å². The summed E-state index contributed by atoms with van der Waals surface area (Å²) in [5.41, 5.74) is -0.0237. The van der Waals surface area contributed by atoms with Crippen LogP contribution in [0, 0.1) is 5.92 Å². The van der Waals surface area contributed by atoms with Gasteiger partial charge in [0.2, 0.25) is 0 Å². The standard InChI is InChI=1S/C16H28N4/c1-6-12-8-9-20(11-12)14-10-13(17-7-2)18-15(19-14)16(3,4)5/h10,12H,6-9,11H2,1-5H3,(H,17,18,19). The van der Waals surface area contributed by atoms with Gasteiger partial charge in [0.25, 0.3) is 0 Å². The van der Waals surface area contributed by atoms with E-state index in [9.17, 15) is 0 Å². The molecular weight excluding hydrogens is 248 g/mol. The summed E-state index contributed by atoms with van der Waals surface area (Å²) in [6, 6.07) is 2.09. The van der Waals surface area contributed by atoms with E-state index in [0.29, 0.717) is 0 Å². The molecule has 0 spiro atoms. The molecule has 4 nitrogen and oxygen atoms in total. The summed E-state index contributed by atoms with van der Waals surface area (Å²) in [6.07, 6.45) is 2.54. The molecule has 2 rings (SSSR count). The van der Waals surface area contributed by atoms with Crippen LogP contribution in [-0.2, 0) is 5.41 Å². The first-order chi connectivity index (χ1) is 9.44. The zero-order valence-electron chi connectivity index (χ0n) is 13.5. The van der Waals surface area contributed by atoms with Gasteiger partial charge in [-0.1, -0.05) is 34.1 Å². The lowest BCUT2D eigenvalue weighted by atomic mass is 9.96. The van der Waals surface area contributed by atoms with Crippen molar-refractivity contribution in [2.45, 2.75) is 52.9 Å². The van der Waals surface area contributed by atoms with E-state index < -0.39 is 0 Å². The van der Waals surface area contributed by atoms with E-state index in [1.54, 1.807) is 0 Å². The number of hydrogen-bond donors (Lipinski definition) is 1. The van der Waals surface area contributed by atoms with Gasteiger partial charge in [-0.2, -0.15) is 0 Å². The molecule has 1 aliphatic heterocycles. The third-order valence-electron chi connectivity index (χ3n) is 3.93. The number of hydrogen-bond acceptors (Lipinski definition) is 4. The maximum atomic E-state index is 4.81. The highest BCUT2D eigenvalue weighted by molar-refractivity contribution is 5.50. The average molecular weight is 276 g/mol. The quantitative estimate of drug-likeness (QED) is 0.914. The maximum Gasteiger partial charge on any atom is 0.138 e. The van der Waals surface area contributed by atoms with Crippen LogP contribution in [0.15, 0.2) is 6.07 Å². The van der Waals surface area contributed by atoms with Gasteiger partial charge in [0, 0.05) is 31.1 Å². The third-order valence-corrected chi connectivity index (χ3v) is 3.93. The van der Waals surface area contributed by atoms with E-state index in [-0.39, 0.29) is 5.41 Å². The van der Waals surface area contributed by atoms with Gasteiger partial charge in [-0.05, 0) is 19.3 Å². The summed E-state index contributed by atoms with van der Waals surface area (Å²) in [4.78, 5) is 11.9. The van der Waals surface area contributed by atoms with Crippen LogP contribution < -0.4 is 10.2 Å². The molecule has 1 saturated heterocycles. The van der Waals surface area contributed by atoms with Gasteiger partial charge >= 0.3 is 0 Å². The van der Waals surface area contributed by atoms with Gasteiger partial charge in [-0.25, -0.2) is 9.97 Å². The molecule has 1 aromatic rings. The van der Waals surface area contributed by atoms with Gasteiger partial charge in [0.05, 0.1) is 0 Å². The molecule has 0 aliphatic carbocycles. The van der Waals surface area contributed by atoms with E-state index in [1.165, 1.54) is 12.8 Å². The van der Waals surface area contributed by atoms with Crippen LogP contribution in [0.3, 0.4) is 0 Å². The molecule has 0 radical (unpaired) electrons. The topological polar surface area (TPSA) is 41.0 Å². The normalized spacial score (nSPS) is 19.4. The second-order valence-electron chi connectivity index (χ2n) is 6.72. The number of anilines is 2. The first-order valence-corrected chi connectivity index (χ1v) is 7.82. The second-order valence-corrected chi connectivity index (χ2v) is 6.72. The molecule has 1 atom stereocenters. The Hall–Kier alpha value is -1.32. The van der Waals surface area contributed by atoms with Crippen molar-refractivity contribution in [1.82, 2.24) is 9.97 Å². The predicted molar refractivity (Wildman–Crippen MR) is 85.5 cm³/mol. The minimum Gasteiger partial charge on any atom is -0.370 e. The van der Waals surface area contributed by atoms with Crippen LogP contribution in [0.5, 0.6) is 0 Å². The Labute approximate surface area is 123 Å². The minimum absolute atomic E-state index is 0.0237. The highest BCUT2D eigenvalue weighted by atomic mass is 15.2. The largest absolute Gasteiger partial charge is 0.370 e. The van der Waals surface area contributed by atoms with Crippen LogP contribution in [0.25, 0.3) is 0 Å². The summed E-state index contributed by atoms with van der Waals surface area (Å²) in [6.45, 7) is 14.0. The molecule has 4 heteroatoms. The highest BCUT2D eigenvalue weighted by Crippen LogP contribution is 2.28. The van der Waals surface area contributed by atoms with Crippen molar-refractivity contribution in [1.29, 1.82) is 0 Å². The lowest BCUT2D eigenvalue weighted by molar-refractivity contribution is 0.544. The molecule has 1 aromatic heterocycles. The molecule has 0 saturated carbocycles. The van der Waals surface area contributed by atoms with Crippen molar-refractivity contribution in [2.24, 2.45) is 5.92 Å². The number of nitrogens with zero attached hydrogens (tertiary/aromatic N) is 3. The summed E-state index contributed by atoms with van der Waals surface area (Å²) in [5.74, 6) is 3.76. The second kappa shape index (κ2) is 5.98. The fraction of sp³-hybridized carbons (Fsp3) is 0.750. The number of nitrogens with one attached hydrogen (secondary N) is 1. The summed E-state index contributed by atoms with van der Waals surface area (Å²) in [5, 5.41) is 3.33. The van der Waals surface area contributed by atoms with Crippen LogP contribution >= 0.6 is 0 Å². The highest BCUT2D eigenvalue weighted by Gasteiger charge is 2.25. The molecule has 0 aromatic carbocycles. The van der Waals surface area contributed by atoms with E-state index in [1.807, 2.05) is 0 Å². The summed E-state index contributed by atoms with van der Waals surface area (Å²) in [7, 11) is 0. The van der Waals surface area contributed by atoms with Crippen molar-refractivity contribution in [3.8, 4) is 0 Å². The monoisotopic (exact) mass is 276 g/mol. The van der Waals surface area contributed by atoms with Crippen molar-refractivity contribution < 1.29 is 0 Å². The zero-order chi connectivity index (χ0) is 14.8. The molecule has 0 amide bonds. The smallest absolute Gasteiger partial charge is 0.138 e. The molecular formula is C16H28N4. The average Bonchev–Trinajstić information content (AvgIpc) is 2.86. The minimum atomic E-state index is -0.0237. The Morgan fingerprint density at radius 3 is 2.60 bits per heavy atom. The van der Waals surface area contributed by atoms with Gasteiger partial charge in [0.1, 0.15) is 17.5 Å². The molecule has 0 bridgehead atoms. The third kappa shape index (κ3) is 3.41. The Morgan fingerprint density at radius 2 is 2.05 bits per heavy atom. The lowest BCUT2D eigenvalue weighted by Crippen LogP contribution is -2.24. The van der Waals surface area contributed by atoms with E-state index >= 15 is 0 Å². The van der Waals surface area contributed by atoms with E-state index in [2.05, 4.69) is 55.9 Å². The first-order valence-electron chi connectivity index (χ1n) is 7.82. The lowest BCUT2D eigenvalue weighted by Gasteiger charge is -2.23. The molecule has 20 heavy (non-hydrogen) atoms. The fourth-order valence-electron chi connectivity index (χ4n) is 2.58. The molecule has 1 N–H and O–H groups in total. The maximum absolute atomic E-state index is 4.81. The van der Waals surface area contributed by atoms with Crippen molar-refractivity contribution in [3.05, 3.63) is 11.9 Å². The van der Waals surface area contributed by atoms with Crippen molar-refractivity contribution in [2.75, 3.05) is 29.9 Å². The van der Waals surface area contributed by atoms with Gasteiger partial charge in [-0.3, -0.25) is 0 Å².